The Hall–Kier alpha value is -2.17. The molecule has 94 valence electrons. The lowest BCUT2D eigenvalue weighted by molar-refractivity contribution is 0.592. The molecule has 0 spiro atoms. The van der Waals surface area contributed by atoms with Crippen LogP contribution in [-0.4, -0.2) is 9.55 Å². The van der Waals surface area contributed by atoms with E-state index in [0.29, 0.717) is 11.3 Å². The summed E-state index contributed by atoms with van der Waals surface area (Å²) in [6.45, 7) is 3.68. The fraction of sp³-hybridized carbons (Fsp3) is 0.231. The molecule has 1 aromatic heterocycles. The van der Waals surface area contributed by atoms with Crippen LogP contribution in [0.1, 0.15) is 17.0 Å². The van der Waals surface area contributed by atoms with E-state index in [1.165, 1.54) is 10.6 Å². The smallest absolute Gasteiger partial charge is 0.348 e. The Kier molecular flexibility index (Phi) is 3.14. The van der Waals surface area contributed by atoms with Gasteiger partial charge in [0.1, 0.15) is 0 Å². The zero-order valence-corrected chi connectivity index (χ0v) is 10.3. The minimum absolute atomic E-state index is 0.0817. The van der Waals surface area contributed by atoms with Gasteiger partial charge in [0.25, 0.3) is 0 Å². The van der Waals surface area contributed by atoms with Crippen LogP contribution in [0.5, 0.6) is 0 Å². The quantitative estimate of drug-likeness (QED) is 0.820. The zero-order chi connectivity index (χ0) is 13.3. The van der Waals surface area contributed by atoms with Gasteiger partial charge in [0.2, 0.25) is 0 Å². The molecule has 4 nitrogen and oxygen atoms in total. The molecule has 0 radical (unpaired) electrons. The lowest BCUT2D eigenvalue weighted by Crippen LogP contribution is -2.26. The normalized spacial score (nSPS) is 10.6. The largest absolute Gasteiger partial charge is 0.396 e. The second-order valence-corrected chi connectivity index (χ2v) is 4.23. The zero-order valence-electron chi connectivity index (χ0n) is 10.3. The first-order chi connectivity index (χ1) is 8.49. The number of nitrogens with zero attached hydrogens (tertiary/aromatic N) is 2. The second kappa shape index (κ2) is 4.60. The first kappa shape index (κ1) is 12.3. The fourth-order valence-corrected chi connectivity index (χ4v) is 1.86. The van der Waals surface area contributed by atoms with Crippen LogP contribution in [0, 0.1) is 19.7 Å². The number of nitrogens with two attached hydrogens (primary N) is 1. The van der Waals surface area contributed by atoms with Crippen LogP contribution in [0.3, 0.4) is 0 Å². The summed E-state index contributed by atoms with van der Waals surface area (Å²) in [4.78, 5) is 15.6. The Morgan fingerprint density at radius 2 is 2.11 bits per heavy atom. The Labute approximate surface area is 104 Å². The van der Waals surface area contributed by atoms with Gasteiger partial charge in [0.15, 0.2) is 5.82 Å². The summed E-state index contributed by atoms with van der Waals surface area (Å²) < 4.78 is 15.2. The minimum Gasteiger partial charge on any atom is -0.396 e. The number of benzene rings is 1. The van der Waals surface area contributed by atoms with Gasteiger partial charge in [-0.3, -0.25) is 4.57 Å². The highest BCUT2D eigenvalue weighted by Gasteiger charge is 2.09. The van der Waals surface area contributed by atoms with Gasteiger partial charge in [-0.15, -0.1) is 0 Å². The molecular formula is C13H14FN3O. The first-order valence-electron chi connectivity index (χ1n) is 5.57. The van der Waals surface area contributed by atoms with E-state index in [4.69, 9.17) is 5.73 Å². The summed E-state index contributed by atoms with van der Waals surface area (Å²) in [5.41, 5.74) is 6.98. The average Bonchev–Trinajstić information content (AvgIpc) is 2.28. The lowest BCUT2D eigenvalue weighted by Gasteiger charge is -2.11. The van der Waals surface area contributed by atoms with Crippen molar-refractivity contribution in [1.29, 1.82) is 0 Å². The maximum absolute atomic E-state index is 13.8. The molecule has 0 fully saturated rings. The van der Waals surface area contributed by atoms with Crippen molar-refractivity contribution in [2.75, 3.05) is 5.73 Å². The van der Waals surface area contributed by atoms with Crippen LogP contribution in [0.25, 0.3) is 0 Å². The van der Waals surface area contributed by atoms with E-state index in [1.54, 1.807) is 32.0 Å². The van der Waals surface area contributed by atoms with Crippen molar-refractivity contribution in [2.24, 2.45) is 0 Å². The van der Waals surface area contributed by atoms with Crippen LogP contribution >= 0.6 is 0 Å². The maximum atomic E-state index is 13.8. The number of halogens is 1. The van der Waals surface area contributed by atoms with Gasteiger partial charge in [0.05, 0.1) is 12.2 Å². The molecule has 0 amide bonds. The van der Waals surface area contributed by atoms with Crippen molar-refractivity contribution in [1.82, 2.24) is 9.55 Å². The lowest BCUT2D eigenvalue weighted by atomic mass is 10.2. The van der Waals surface area contributed by atoms with Crippen LogP contribution in [-0.2, 0) is 6.54 Å². The number of aryl methyl sites for hydroxylation is 2. The van der Waals surface area contributed by atoms with Crippen LogP contribution in [0.2, 0.25) is 0 Å². The molecule has 18 heavy (non-hydrogen) atoms. The van der Waals surface area contributed by atoms with Crippen LogP contribution in [0.4, 0.5) is 10.1 Å². The van der Waals surface area contributed by atoms with E-state index in [2.05, 4.69) is 4.98 Å². The van der Waals surface area contributed by atoms with Crippen molar-refractivity contribution in [2.45, 2.75) is 20.4 Å². The molecule has 2 N–H and O–H groups in total. The van der Waals surface area contributed by atoms with Crippen LogP contribution < -0.4 is 11.4 Å². The highest BCUT2D eigenvalue weighted by molar-refractivity contribution is 5.43. The highest BCUT2D eigenvalue weighted by atomic mass is 19.1. The third kappa shape index (κ3) is 2.25. The van der Waals surface area contributed by atoms with E-state index in [1.807, 2.05) is 0 Å². The standard InChI is InChI=1S/C13H14FN3O/c1-8-6-9(2)17(13(18)16-8)7-10-4-3-5-11(15)12(10)14/h3-6H,7,15H2,1-2H3. The summed E-state index contributed by atoms with van der Waals surface area (Å²) in [7, 11) is 0. The molecule has 5 heteroatoms. The van der Waals surface area contributed by atoms with Crippen molar-refractivity contribution < 1.29 is 4.39 Å². The molecule has 0 aliphatic carbocycles. The third-order valence-corrected chi connectivity index (χ3v) is 2.78. The molecule has 0 saturated heterocycles. The molecule has 1 heterocycles. The summed E-state index contributed by atoms with van der Waals surface area (Å²) in [5.74, 6) is -0.482. The van der Waals surface area contributed by atoms with Gasteiger partial charge in [0, 0.05) is 17.0 Å². The number of aromatic nitrogens is 2. The number of rotatable bonds is 2. The Morgan fingerprint density at radius 3 is 2.78 bits per heavy atom. The number of hydrogen-bond donors (Lipinski definition) is 1. The highest BCUT2D eigenvalue weighted by Crippen LogP contribution is 2.15. The van der Waals surface area contributed by atoms with Gasteiger partial charge < -0.3 is 5.73 Å². The van der Waals surface area contributed by atoms with Gasteiger partial charge in [-0.1, -0.05) is 12.1 Å². The molecule has 2 aromatic rings. The van der Waals surface area contributed by atoms with E-state index in [9.17, 15) is 9.18 Å². The van der Waals surface area contributed by atoms with Gasteiger partial charge >= 0.3 is 5.69 Å². The predicted octanol–water partition coefficient (Wildman–Crippen LogP) is 1.63. The molecule has 0 bridgehead atoms. The summed E-state index contributed by atoms with van der Waals surface area (Å²) >= 11 is 0. The Balaban J connectivity index is 2.47. The first-order valence-corrected chi connectivity index (χ1v) is 5.57. The summed E-state index contributed by atoms with van der Waals surface area (Å²) in [6, 6.07) is 6.54. The van der Waals surface area contributed by atoms with Gasteiger partial charge in [-0.2, -0.15) is 4.98 Å². The molecule has 0 unspecified atom stereocenters. The topological polar surface area (TPSA) is 60.9 Å². The summed E-state index contributed by atoms with van der Waals surface area (Å²) in [6.07, 6.45) is 0. The molecule has 0 aliphatic rings. The van der Waals surface area contributed by atoms with E-state index in [-0.39, 0.29) is 17.9 Å². The molecule has 0 aliphatic heterocycles. The number of hydrogen-bond acceptors (Lipinski definition) is 3. The molecule has 0 saturated carbocycles. The van der Waals surface area contributed by atoms with Crippen molar-refractivity contribution in [3.05, 3.63) is 57.5 Å². The monoisotopic (exact) mass is 247 g/mol. The second-order valence-electron chi connectivity index (χ2n) is 4.23. The van der Waals surface area contributed by atoms with Crippen molar-refractivity contribution in [3.8, 4) is 0 Å². The molecule has 0 atom stereocenters. The van der Waals surface area contributed by atoms with E-state index in [0.717, 1.165) is 5.69 Å². The van der Waals surface area contributed by atoms with E-state index < -0.39 is 5.82 Å². The van der Waals surface area contributed by atoms with Crippen molar-refractivity contribution in [3.63, 3.8) is 0 Å². The number of anilines is 1. The maximum Gasteiger partial charge on any atom is 0.348 e. The molecule has 1 aromatic carbocycles. The van der Waals surface area contributed by atoms with Crippen LogP contribution in [0.15, 0.2) is 29.1 Å². The van der Waals surface area contributed by atoms with Gasteiger partial charge in [-0.05, 0) is 26.0 Å². The predicted molar refractivity (Wildman–Crippen MR) is 67.9 cm³/mol. The molecule has 2 rings (SSSR count). The summed E-state index contributed by atoms with van der Waals surface area (Å²) in [5, 5.41) is 0. The minimum atomic E-state index is -0.482. The Bertz CT molecular complexity index is 649. The van der Waals surface area contributed by atoms with Crippen molar-refractivity contribution >= 4 is 5.69 Å². The average molecular weight is 247 g/mol. The fourth-order valence-electron chi connectivity index (χ4n) is 1.86. The molecular weight excluding hydrogens is 233 g/mol. The Morgan fingerprint density at radius 1 is 1.39 bits per heavy atom. The number of nitrogen functional groups attached to an aromatic ring is 1. The van der Waals surface area contributed by atoms with E-state index >= 15 is 0 Å². The SMILES string of the molecule is Cc1cc(C)n(Cc2cccc(N)c2F)c(=O)n1. The van der Waals surface area contributed by atoms with Gasteiger partial charge in [-0.25, -0.2) is 9.18 Å². The third-order valence-electron chi connectivity index (χ3n) is 2.78.